The molecule has 0 spiro atoms. The van der Waals surface area contributed by atoms with Crippen molar-refractivity contribution in [3.8, 4) is 0 Å². The normalized spacial score (nSPS) is 23.3. The summed E-state index contributed by atoms with van der Waals surface area (Å²) in [5.41, 5.74) is 2.11. The Kier molecular flexibility index (Phi) is 4.34. The third-order valence-electron chi connectivity index (χ3n) is 5.18. The smallest absolute Gasteiger partial charge is 0.226 e. The zero-order valence-corrected chi connectivity index (χ0v) is 14.4. The number of hydrogen-bond donors (Lipinski definition) is 1. The van der Waals surface area contributed by atoms with Crippen LogP contribution in [0.3, 0.4) is 0 Å². The fraction of sp³-hybridized carbons (Fsp3) is 0.474. The van der Waals surface area contributed by atoms with Gasteiger partial charge in [0.25, 0.3) is 0 Å². The first kappa shape index (κ1) is 16.0. The molecular formula is C19H23N5O. The van der Waals surface area contributed by atoms with E-state index in [4.69, 9.17) is 0 Å². The molecule has 2 atom stereocenters. The molecule has 25 heavy (non-hydrogen) atoms. The standard InChI is InChI=1S/C19H23N5O/c1-13-4-5-18(23-22-13)21-15-6-9-24(10-7-15)19(25)17-11-16(17)14-3-2-8-20-12-14/h2-5,8,12,15-17H,6-7,9-11H2,1H3,(H,21,23). The van der Waals surface area contributed by atoms with E-state index in [2.05, 4.69) is 26.6 Å². The second-order valence-corrected chi connectivity index (χ2v) is 7.04. The molecule has 0 aromatic carbocycles. The Bertz CT molecular complexity index is 725. The highest BCUT2D eigenvalue weighted by Gasteiger charge is 2.46. The van der Waals surface area contributed by atoms with Crippen molar-refractivity contribution < 1.29 is 4.79 Å². The van der Waals surface area contributed by atoms with E-state index < -0.39 is 0 Å². The quantitative estimate of drug-likeness (QED) is 0.927. The molecule has 6 heteroatoms. The lowest BCUT2D eigenvalue weighted by atomic mass is 10.0. The summed E-state index contributed by atoms with van der Waals surface area (Å²) in [5.74, 6) is 1.63. The predicted molar refractivity (Wildman–Crippen MR) is 95.1 cm³/mol. The number of amides is 1. The van der Waals surface area contributed by atoms with Gasteiger partial charge in [-0.1, -0.05) is 6.07 Å². The summed E-state index contributed by atoms with van der Waals surface area (Å²) < 4.78 is 0. The summed E-state index contributed by atoms with van der Waals surface area (Å²) in [4.78, 5) is 18.9. The predicted octanol–water partition coefficient (Wildman–Crippen LogP) is 2.39. The summed E-state index contributed by atoms with van der Waals surface area (Å²) in [6, 6.07) is 8.29. The number of pyridine rings is 1. The van der Waals surface area contributed by atoms with Crippen LogP contribution in [0.4, 0.5) is 5.82 Å². The highest BCUT2D eigenvalue weighted by molar-refractivity contribution is 5.83. The van der Waals surface area contributed by atoms with Crippen molar-refractivity contribution in [3.63, 3.8) is 0 Å². The van der Waals surface area contributed by atoms with E-state index in [0.29, 0.717) is 17.9 Å². The molecule has 1 saturated heterocycles. The Balaban J connectivity index is 1.27. The van der Waals surface area contributed by atoms with Crippen LogP contribution in [0.15, 0.2) is 36.7 Å². The topological polar surface area (TPSA) is 71.0 Å². The third kappa shape index (κ3) is 3.62. The van der Waals surface area contributed by atoms with E-state index in [1.807, 2.05) is 36.2 Å². The van der Waals surface area contributed by atoms with E-state index in [1.54, 1.807) is 6.20 Å². The lowest BCUT2D eigenvalue weighted by Gasteiger charge is -2.32. The minimum absolute atomic E-state index is 0.150. The van der Waals surface area contributed by atoms with Gasteiger partial charge in [0.15, 0.2) is 0 Å². The molecule has 1 aliphatic heterocycles. The van der Waals surface area contributed by atoms with Crippen LogP contribution in [0.1, 0.15) is 36.4 Å². The van der Waals surface area contributed by atoms with Gasteiger partial charge in [-0.05, 0) is 55.9 Å². The SMILES string of the molecule is Cc1ccc(NC2CCN(C(=O)C3CC3c3cccnc3)CC2)nn1. The molecule has 2 aliphatic rings. The number of aryl methyl sites for hydroxylation is 1. The van der Waals surface area contributed by atoms with Gasteiger partial charge in [0.1, 0.15) is 5.82 Å². The van der Waals surface area contributed by atoms with Crippen molar-refractivity contribution in [2.75, 3.05) is 18.4 Å². The van der Waals surface area contributed by atoms with Crippen LogP contribution in [0.25, 0.3) is 0 Å². The van der Waals surface area contributed by atoms with Crippen molar-refractivity contribution in [3.05, 3.63) is 47.9 Å². The third-order valence-corrected chi connectivity index (χ3v) is 5.18. The van der Waals surface area contributed by atoms with Gasteiger partial charge >= 0.3 is 0 Å². The van der Waals surface area contributed by atoms with Crippen LogP contribution in [-0.4, -0.2) is 45.1 Å². The fourth-order valence-corrected chi connectivity index (χ4v) is 3.60. The van der Waals surface area contributed by atoms with E-state index in [0.717, 1.165) is 43.9 Å². The maximum atomic E-state index is 12.7. The van der Waals surface area contributed by atoms with Gasteiger partial charge in [-0.2, -0.15) is 5.10 Å². The van der Waals surface area contributed by atoms with Crippen LogP contribution < -0.4 is 5.32 Å². The molecule has 2 aromatic rings. The number of nitrogens with zero attached hydrogens (tertiary/aromatic N) is 4. The summed E-state index contributed by atoms with van der Waals surface area (Å²) in [7, 11) is 0. The van der Waals surface area contributed by atoms with E-state index in [1.165, 1.54) is 5.56 Å². The molecule has 2 aromatic heterocycles. The Hall–Kier alpha value is -2.50. The van der Waals surface area contributed by atoms with Crippen molar-refractivity contribution in [1.82, 2.24) is 20.1 Å². The van der Waals surface area contributed by atoms with E-state index >= 15 is 0 Å². The second kappa shape index (κ2) is 6.78. The molecule has 2 fully saturated rings. The van der Waals surface area contributed by atoms with Crippen molar-refractivity contribution in [2.24, 2.45) is 5.92 Å². The number of anilines is 1. The Labute approximate surface area is 147 Å². The average molecular weight is 337 g/mol. The molecule has 4 rings (SSSR count). The average Bonchev–Trinajstić information content (AvgIpc) is 3.45. The number of carbonyl (C=O) groups is 1. The van der Waals surface area contributed by atoms with E-state index in [9.17, 15) is 4.79 Å². The number of rotatable bonds is 4. The second-order valence-electron chi connectivity index (χ2n) is 7.04. The van der Waals surface area contributed by atoms with Gasteiger partial charge < -0.3 is 10.2 Å². The van der Waals surface area contributed by atoms with Crippen LogP contribution in [0.5, 0.6) is 0 Å². The van der Waals surface area contributed by atoms with Gasteiger partial charge in [-0.15, -0.1) is 5.10 Å². The molecule has 1 N–H and O–H groups in total. The van der Waals surface area contributed by atoms with Crippen LogP contribution in [-0.2, 0) is 4.79 Å². The van der Waals surface area contributed by atoms with Crippen molar-refractivity contribution >= 4 is 11.7 Å². The molecule has 1 aliphatic carbocycles. The van der Waals surface area contributed by atoms with Gasteiger partial charge in [-0.25, -0.2) is 0 Å². The first-order valence-electron chi connectivity index (χ1n) is 8.96. The zero-order chi connectivity index (χ0) is 17.2. The maximum absolute atomic E-state index is 12.7. The summed E-state index contributed by atoms with van der Waals surface area (Å²) in [6.45, 7) is 3.55. The Morgan fingerprint density at radius 2 is 2.04 bits per heavy atom. The Morgan fingerprint density at radius 1 is 1.20 bits per heavy atom. The highest BCUT2D eigenvalue weighted by Crippen LogP contribution is 2.48. The lowest BCUT2D eigenvalue weighted by Crippen LogP contribution is -2.43. The minimum atomic E-state index is 0.150. The molecule has 1 saturated carbocycles. The lowest BCUT2D eigenvalue weighted by molar-refractivity contribution is -0.133. The largest absolute Gasteiger partial charge is 0.366 e. The van der Waals surface area contributed by atoms with Gasteiger partial charge in [0, 0.05) is 37.4 Å². The zero-order valence-electron chi connectivity index (χ0n) is 14.4. The van der Waals surface area contributed by atoms with Crippen LogP contribution in [0.2, 0.25) is 0 Å². The molecule has 0 bridgehead atoms. The molecule has 3 heterocycles. The number of aromatic nitrogens is 3. The number of likely N-dealkylation sites (tertiary alicyclic amines) is 1. The van der Waals surface area contributed by atoms with Crippen LogP contribution >= 0.6 is 0 Å². The van der Waals surface area contributed by atoms with Crippen molar-refractivity contribution in [2.45, 2.75) is 38.1 Å². The Morgan fingerprint density at radius 3 is 2.72 bits per heavy atom. The van der Waals surface area contributed by atoms with Gasteiger partial charge in [0.2, 0.25) is 5.91 Å². The summed E-state index contributed by atoms with van der Waals surface area (Å²) in [5, 5.41) is 11.7. The summed E-state index contributed by atoms with van der Waals surface area (Å²) >= 11 is 0. The van der Waals surface area contributed by atoms with Gasteiger partial charge in [-0.3, -0.25) is 9.78 Å². The number of hydrogen-bond acceptors (Lipinski definition) is 5. The van der Waals surface area contributed by atoms with E-state index in [-0.39, 0.29) is 5.92 Å². The first-order valence-corrected chi connectivity index (χ1v) is 8.96. The fourth-order valence-electron chi connectivity index (χ4n) is 3.60. The minimum Gasteiger partial charge on any atom is -0.366 e. The van der Waals surface area contributed by atoms with Crippen LogP contribution in [0, 0.1) is 12.8 Å². The molecule has 130 valence electrons. The maximum Gasteiger partial charge on any atom is 0.226 e. The number of nitrogens with one attached hydrogen (secondary N) is 1. The molecule has 1 amide bonds. The van der Waals surface area contributed by atoms with Crippen molar-refractivity contribution in [1.29, 1.82) is 0 Å². The molecule has 2 unspecified atom stereocenters. The number of piperidine rings is 1. The molecule has 6 nitrogen and oxygen atoms in total. The highest BCUT2D eigenvalue weighted by atomic mass is 16.2. The molecule has 0 radical (unpaired) electrons. The summed E-state index contributed by atoms with van der Waals surface area (Å²) in [6.07, 6.45) is 6.52. The van der Waals surface area contributed by atoms with Gasteiger partial charge in [0.05, 0.1) is 5.69 Å². The molecular weight excluding hydrogens is 314 g/mol. The first-order chi connectivity index (χ1) is 12.2. The monoisotopic (exact) mass is 337 g/mol. The number of carbonyl (C=O) groups excluding carboxylic acids is 1.